The van der Waals surface area contributed by atoms with Gasteiger partial charge in [0.1, 0.15) is 18.6 Å². The molecular weight excluding hydrogens is 532 g/mol. The molecule has 2 saturated carbocycles. The number of amides is 3. The molecule has 0 aromatic carbocycles. The molecule has 0 bridgehead atoms. The van der Waals surface area contributed by atoms with Crippen molar-refractivity contribution < 1.29 is 51.3 Å². The van der Waals surface area contributed by atoms with E-state index in [2.05, 4.69) is 16.0 Å². The van der Waals surface area contributed by atoms with Crippen LogP contribution in [0.2, 0.25) is 0 Å². The Labute approximate surface area is 227 Å². The Bertz CT molecular complexity index is 696. The zero-order valence-electron chi connectivity index (χ0n) is 19.4. The molecule has 2 atom stereocenters. The van der Waals surface area contributed by atoms with Crippen LogP contribution in [0.4, 0.5) is 0 Å². The van der Waals surface area contributed by atoms with Crippen molar-refractivity contribution in [2.75, 3.05) is 24.6 Å². The molecule has 2 fully saturated rings. The zero-order valence-corrected chi connectivity index (χ0v) is 21.3. The third-order valence-electron chi connectivity index (χ3n) is 4.36. The summed E-state index contributed by atoms with van der Waals surface area (Å²) in [5.41, 5.74) is 5.34. The maximum absolute atomic E-state index is 12.2. The smallest absolute Gasteiger partial charge is 0.480 e. The Morgan fingerprint density at radius 3 is 2.00 bits per heavy atom. The number of aliphatic carboxylic acids is 2. The second kappa shape index (κ2) is 20.3. The molecule has 0 aromatic heterocycles. The topological polar surface area (TPSA) is 188 Å². The molecule has 196 valence electrons. The minimum atomic E-state index is -1.25. The fourth-order valence-electron chi connectivity index (χ4n) is 2.52. The van der Waals surface area contributed by atoms with Gasteiger partial charge in [0.05, 0.1) is 5.75 Å². The number of carbonyl (C=O) groups excluding carboxylic acids is 3. The van der Waals surface area contributed by atoms with Crippen LogP contribution in [0.5, 0.6) is 0 Å². The van der Waals surface area contributed by atoms with Gasteiger partial charge in [-0.25, -0.2) is 0 Å². The maximum Gasteiger partial charge on any atom is 2.00 e. The number of hydrogen-bond acceptors (Lipinski definition) is 7. The molecule has 0 aliphatic heterocycles. The first-order chi connectivity index (χ1) is 16.7. The summed E-state index contributed by atoms with van der Waals surface area (Å²) in [6.07, 6.45) is 17.1. The number of carboxylic acid groups (broad SMARTS) is 2. The quantitative estimate of drug-likeness (QED) is 0.146. The summed E-state index contributed by atoms with van der Waals surface area (Å²) >= 11 is 1.09. The third kappa shape index (κ3) is 16.8. The Morgan fingerprint density at radius 2 is 1.47 bits per heavy atom. The van der Waals surface area contributed by atoms with Crippen LogP contribution in [0.15, 0.2) is 0 Å². The molecule has 0 aromatic rings. The summed E-state index contributed by atoms with van der Waals surface area (Å²) in [5, 5.41) is 24.7. The van der Waals surface area contributed by atoms with Crippen molar-refractivity contribution in [1.82, 2.24) is 16.0 Å². The van der Waals surface area contributed by atoms with E-state index in [1.165, 1.54) is 0 Å². The molecule has 0 saturated heterocycles. The maximum atomic E-state index is 12.2. The van der Waals surface area contributed by atoms with E-state index in [4.69, 9.17) is 15.9 Å². The van der Waals surface area contributed by atoms with E-state index in [0.29, 0.717) is 6.54 Å². The number of carbonyl (C=O) groups is 5. The molecular formula is C23H30FeN4O7S+2. The molecule has 11 nitrogen and oxygen atoms in total. The first-order valence-corrected chi connectivity index (χ1v) is 11.8. The van der Waals surface area contributed by atoms with Crippen molar-refractivity contribution in [3.63, 3.8) is 0 Å². The van der Waals surface area contributed by atoms with Gasteiger partial charge < -0.3 is 31.9 Å². The minimum absolute atomic E-state index is 0. The molecule has 13 heteroatoms. The van der Waals surface area contributed by atoms with E-state index in [1.54, 1.807) is 0 Å². The van der Waals surface area contributed by atoms with Gasteiger partial charge in [0, 0.05) is 24.6 Å². The summed E-state index contributed by atoms with van der Waals surface area (Å²) < 4.78 is 0. The van der Waals surface area contributed by atoms with E-state index < -0.39 is 42.4 Å². The largest absolute Gasteiger partial charge is 2.00 e. The van der Waals surface area contributed by atoms with Crippen LogP contribution in [-0.2, 0) is 41.0 Å². The summed E-state index contributed by atoms with van der Waals surface area (Å²) in [5.74, 6) is -3.09. The predicted octanol–water partition coefficient (Wildman–Crippen LogP) is -0.862. The van der Waals surface area contributed by atoms with E-state index in [1.807, 2.05) is 57.8 Å². The third-order valence-corrected chi connectivity index (χ3v) is 5.40. The normalized spacial score (nSPS) is 16.5. The van der Waals surface area contributed by atoms with Crippen molar-refractivity contribution in [3.8, 4) is 0 Å². The van der Waals surface area contributed by atoms with Gasteiger partial charge in [0.15, 0.2) is 0 Å². The number of nitrogens with one attached hydrogen (secondary N) is 3. The summed E-state index contributed by atoms with van der Waals surface area (Å²) in [6.45, 7) is -0.255. The van der Waals surface area contributed by atoms with Crippen molar-refractivity contribution in [2.45, 2.75) is 24.9 Å². The molecule has 0 unspecified atom stereocenters. The standard InChI is InChI=1S/C18H25N4O7S.C5H5.Fe/c19-12(18(28)29)5-6-14(23)22-13(17(27)21-8-16(25)26)9-30-10-15(24)20-7-11-3-1-2-4-11;1-2-4-5-3-1;/h1-4,12-13H,5-10,19H2,(H,20,24)(H,21,27)(H,22,23)(H,25,26)(H,28,29);1-5H;/q;;+2/t12-,13+;;/m0../s1. The predicted molar refractivity (Wildman–Crippen MR) is 130 cm³/mol. The summed E-state index contributed by atoms with van der Waals surface area (Å²) in [7, 11) is 0. The van der Waals surface area contributed by atoms with Crippen molar-refractivity contribution >= 4 is 41.4 Å². The molecule has 36 heavy (non-hydrogen) atoms. The first-order valence-electron chi connectivity index (χ1n) is 10.7. The molecule has 0 spiro atoms. The molecule has 2 aliphatic rings. The number of rotatable bonds is 14. The van der Waals surface area contributed by atoms with Crippen LogP contribution in [0, 0.1) is 63.7 Å². The van der Waals surface area contributed by atoms with Crippen LogP contribution in [-0.4, -0.2) is 76.6 Å². The van der Waals surface area contributed by atoms with Crippen molar-refractivity contribution in [3.05, 3.63) is 63.7 Å². The van der Waals surface area contributed by atoms with Gasteiger partial charge in [-0.05, 0) is 64.2 Å². The Kier molecular flexibility index (Phi) is 19.2. The SMILES string of the molecule is N[C@@H](CCC(=O)N[C@H](CSCC(=O)NC[C]1[CH][CH][CH][CH]1)C(=O)NCC(=O)O)C(=O)O.[CH]1[CH][CH][CH][CH]1.[Fe+2]. The Balaban J connectivity index is 0.00000181. The summed E-state index contributed by atoms with van der Waals surface area (Å²) in [6, 6.07) is -2.30. The number of nitrogens with two attached hydrogens (primary N) is 1. The van der Waals surface area contributed by atoms with E-state index >= 15 is 0 Å². The fraction of sp³-hybridized carbons (Fsp3) is 0.348. The van der Waals surface area contributed by atoms with Gasteiger partial charge in [-0.3, -0.25) is 24.0 Å². The zero-order chi connectivity index (χ0) is 26.1. The van der Waals surface area contributed by atoms with E-state index in [9.17, 15) is 24.0 Å². The van der Waals surface area contributed by atoms with Crippen LogP contribution < -0.4 is 21.7 Å². The molecule has 10 radical (unpaired) electrons. The van der Waals surface area contributed by atoms with Gasteiger partial charge in [-0.15, -0.1) is 11.8 Å². The molecule has 2 rings (SSSR count). The average molecular weight is 562 g/mol. The Hall–Kier alpha value is -1.82. The second-order valence-electron chi connectivity index (χ2n) is 7.26. The van der Waals surface area contributed by atoms with Gasteiger partial charge in [-0.2, -0.15) is 0 Å². The van der Waals surface area contributed by atoms with E-state index in [-0.39, 0.29) is 47.3 Å². The average Bonchev–Trinajstić information content (AvgIpc) is 3.56. The van der Waals surface area contributed by atoms with Gasteiger partial charge in [0.2, 0.25) is 17.7 Å². The van der Waals surface area contributed by atoms with Crippen LogP contribution in [0.25, 0.3) is 0 Å². The molecule has 7 N–H and O–H groups in total. The van der Waals surface area contributed by atoms with Crippen molar-refractivity contribution in [1.29, 1.82) is 0 Å². The molecule has 3 amide bonds. The van der Waals surface area contributed by atoms with Gasteiger partial charge in [-0.1, -0.05) is 0 Å². The number of hydrogen-bond donors (Lipinski definition) is 6. The molecule has 0 heterocycles. The number of carboxylic acids is 2. The summed E-state index contributed by atoms with van der Waals surface area (Å²) in [4.78, 5) is 57.4. The van der Waals surface area contributed by atoms with Crippen LogP contribution in [0.1, 0.15) is 12.8 Å². The molecule has 2 aliphatic carbocycles. The first kappa shape index (κ1) is 34.2. The fourth-order valence-corrected chi connectivity index (χ4v) is 3.39. The van der Waals surface area contributed by atoms with Crippen LogP contribution >= 0.6 is 11.8 Å². The van der Waals surface area contributed by atoms with Crippen molar-refractivity contribution in [2.24, 2.45) is 5.73 Å². The van der Waals surface area contributed by atoms with Crippen LogP contribution in [0.3, 0.4) is 0 Å². The monoisotopic (exact) mass is 562 g/mol. The minimum Gasteiger partial charge on any atom is -0.480 e. The Morgan fingerprint density at radius 1 is 0.889 bits per heavy atom. The van der Waals surface area contributed by atoms with Gasteiger partial charge >= 0.3 is 29.0 Å². The number of thioether (sulfide) groups is 1. The second-order valence-corrected chi connectivity index (χ2v) is 8.29. The van der Waals surface area contributed by atoms with Gasteiger partial charge in [0.25, 0.3) is 0 Å². The van der Waals surface area contributed by atoms with E-state index in [0.717, 1.165) is 17.7 Å².